The van der Waals surface area contributed by atoms with Gasteiger partial charge in [-0.2, -0.15) is 0 Å². The SMILES string of the molecule is CCC(=O)Oc1c(-c2cccc(C3CCC(Cl)CC3)c2S(N)(=O)=O)[nH]c2ccccc12. The molecule has 1 aromatic heterocycles. The van der Waals surface area contributed by atoms with Crippen LogP contribution in [0.15, 0.2) is 47.4 Å². The van der Waals surface area contributed by atoms with Gasteiger partial charge in [-0.15, -0.1) is 11.6 Å². The molecule has 3 aromatic rings. The largest absolute Gasteiger partial charge is 0.424 e. The third-order valence-corrected chi connectivity index (χ3v) is 7.32. The quantitative estimate of drug-likeness (QED) is 0.410. The number of primary sulfonamides is 1. The summed E-state index contributed by atoms with van der Waals surface area (Å²) in [6.45, 7) is 1.71. The Balaban J connectivity index is 1.95. The number of rotatable bonds is 5. The fraction of sp³-hybridized carbons (Fsp3) is 0.348. The number of hydrogen-bond donors (Lipinski definition) is 2. The van der Waals surface area contributed by atoms with Crippen LogP contribution in [0, 0.1) is 0 Å². The maximum absolute atomic E-state index is 12.8. The Morgan fingerprint density at radius 2 is 1.84 bits per heavy atom. The third kappa shape index (κ3) is 4.35. The zero-order valence-corrected chi connectivity index (χ0v) is 18.8. The number of aromatic amines is 1. The predicted octanol–water partition coefficient (Wildman–Crippen LogP) is 5.06. The number of carbonyl (C=O) groups excluding carboxylic acids is 1. The summed E-state index contributed by atoms with van der Waals surface area (Å²) in [5, 5.41) is 6.54. The number of nitrogens with one attached hydrogen (secondary N) is 1. The molecule has 0 bridgehead atoms. The van der Waals surface area contributed by atoms with Crippen LogP contribution in [0.4, 0.5) is 0 Å². The van der Waals surface area contributed by atoms with Gasteiger partial charge in [0.05, 0.1) is 10.6 Å². The lowest BCUT2D eigenvalue weighted by atomic mass is 9.83. The molecule has 8 heteroatoms. The number of ether oxygens (including phenoxy) is 1. The Hall–Kier alpha value is -2.35. The first kappa shape index (κ1) is 21.9. The minimum absolute atomic E-state index is 0.0503. The standard InChI is InChI=1S/C23H25ClN2O4S/c1-2-20(27)30-22-17-6-3-4-9-19(17)26-21(22)18-8-5-7-16(23(18)31(25,28)29)14-10-12-15(24)13-11-14/h3-9,14-15,26H,2,10-13H2,1H3,(H2,25,28,29). The number of hydrogen-bond acceptors (Lipinski definition) is 4. The minimum atomic E-state index is -4.06. The molecular weight excluding hydrogens is 436 g/mol. The van der Waals surface area contributed by atoms with Gasteiger partial charge in [0.2, 0.25) is 10.0 Å². The van der Waals surface area contributed by atoms with Gasteiger partial charge in [-0.1, -0.05) is 37.3 Å². The molecule has 1 heterocycles. The second-order valence-corrected chi connectivity index (χ2v) is 10.0. The third-order valence-electron chi connectivity index (χ3n) is 5.86. The molecule has 1 aliphatic carbocycles. The monoisotopic (exact) mass is 460 g/mol. The van der Waals surface area contributed by atoms with Gasteiger partial charge in [-0.25, -0.2) is 13.6 Å². The molecule has 4 rings (SSSR count). The first-order valence-corrected chi connectivity index (χ1v) is 12.4. The van der Waals surface area contributed by atoms with E-state index in [1.165, 1.54) is 0 Å². The van der Waals surface area contributed by atoms with E-state index in [2.05, 4.69) is 4.98 Å². The first-order chi connectivity index (χ1) is 14.8. The number of para-hydroxylation sites is 1. The van der Waals surface area contributed by atoms with Gasteiger partial charge < -0.3 is 9.72 Å². The summed E-state index contributed by atoms with van der Waals surface area (Å²) in [4.78, 5) is 15.5. The molecule has 0 radical (unpaired) electrons. The van der Waals surface area contributed by atoms with E-state index in [0.29, 0.717) is 28.0 Å². The zero-order chi connectivity index (χ0) is 22.2. The number of benzene rings is 2. The van der Waals surface area contributed by atoms with Crippen molar-refractivity contribution >= 4 is 38.5 Å². The van der Waals surface area contributed by atoms with Crippen LogP contribution in [-0.4, -0.2) is 24.7 Å². The first-order valence-electron chi connectivity index (χ1n) is 10.4. The van der Waals surface area contributed by atoms with Gasteiger partial charge in [0.25, 0.3) is 0 Å². The van der Waals surface area contributed by atoms with Crippen LogP contribution in [0.1, 0.15) is 50.5 Å². The fourth-order valence-corrected chi connectivity index (χ4v) is 5.64. The molecule has 1 aliphatic rings. The van der Waals surface area contributed by atoms with Crippen molar-refractivity contribution < 1.29 is 17.9 Å². The van der Waals surface area contributed by atoms with Crippen LogP contribution < -0.4 is 9.88 Å². The van der Waals surface area contributed by atoms with E-state index >= 15 is 0 Å². The summed E-state index contributed by atoms with van der Waals surface area (Å²) in [6, 6.07) is 12.7. The van der Waals surface area contributed by atoms with Gasteiger partial charge >= 0.3 is 5.97 Å². The van der Waals surface area contributed by atoms with Crippen LogP contribution >= 0.6 is 11.6 Å². The summed E-state index contributed by atoms with van der Waals surface area (Å²) in [5.41, 5.74) is 2.27. The molecule has 0 atom stereocenters. The highest BCUT2D eigenvalue weighted by Crippen LogP contribution is 2.44. The van der Waals surface area contributed by atoms with E-state index in [4.69, 9.17) is 21.5 Å². The smallest absolute Gasteiger partial charge is 0.310 e. The minimum Gasteiger partial charge on any atom is -0.424 e. The van der Waals surface area contributed by atoms with Crippen LogP contribution in [0.3, 0.4) is 0 Å². The van der Waals surface area contributed by atoms with Crippen molar-refractivity contribution in [3.05, 3.63) is 48.0 Å². The summed E-state index contributed by atoms with van der Waals surface area (Å²) in [7, 11) is -4.06. The summed E-state index contributed by atoms with van der Waals surface area (Å²) in [5.74, 6) is -0.0389. The van der Waals surface area contributed by atoms with E-state index < -0.39 is 16.0 Å². The second-order valence-electron chi connectivity index (χ2n) is 7.92. The van der Waals surface area contributed by atoms with Crippen molar-refractivity contribution in [3.8, 4) is 17.0 Å². The van der Waals surface area contributed by atoms with Gasteiger partial charge in [0, 0.05) is 28.3 Å². The number of carbonyl (C=O) groups is 1. The number of esters is 1. The van der Waals surface area contributed by atoms with E-state index in [1.807, 2.05) is 36.4 Å². The number of alkyl halides is 1. The summed E-state index contributed by atoms with van der Waals surface area (Å²) in [6.07, 6.45) is 3.44. The van der Waals surface area contributed by atoms with Gasteiger partial charge in [-0.3, -0.25) is 4.79 Å². The molecule has 31 heavy (non-hydrogen) atoms. The van der Waals surface area contributed by atoms with Crippen molar-refractivity contribution in [2.45, 2.75) is 55.2 Å². The topological polar surface area (TPSA) is 102 Å². The molecule has 164 valence electrons. The molecule has 0 saturated heterocycles. The van der Waals surface area contributed by atoms with E-state index in [1.54, 1.807) is 13.0 Å². The number of sulfonamides is 1. The van der Waals surface area contributed by atoms with Crippen LogP contribution in [0.2, 0.25) is 0 Å². The summed E-state index contributed by atoms with van der Waals surface area (Å²) < 4.78 is 31.2. The van der Waals surface area contributed by atoms with Crippen LogP contribution in [0.25, 0.3) is 22.2 Å². The predicted molar refractivity (Wildman–Crippen MR) is 122 cm³/mol. The maximum atomic E-state index is 12.8. The Bertz CT molecular complexity index is 1230. The van der Waals surface area contributed by atoms with Gasteiger partial charge in [0.1, 0.15) is 0 Å². The number of H-pyrrole nitrogens is 1. The highest BCUT2D eigenvalue weighted by atomic mass is 35.5. The highest BCUT2D eigenvalue weighted by Gasteiger charge is 2.30. The molecule has 0 amide bonds. The van der Waals surface area contributed by atoms with Crippen molar-refractivity contribution in [3.63, 3.8) is 0 Å². The van der Waals surface area contributed by atoms with Gasteiger partial charge in [-0.05, 0) is 49.3 Å². The van der Waals surface area contributed by atoms with Crippen molar-refractivity contribution in [2.24, 2.45) is 5.14 Å². The molecular formula is C23H25ClN2O4S. The lowest BCUT2D eigenvalue weighted by Crippen LogP contribution is -2.20. The molecule has 3 N–H and O–H groups in total. The summed E-state index contributed by atoms with van der Waals surface area (Å²) >= 11 is 6.26. The number of nitrogens with two attached hydrogens (primary N) is 1. The molecule has 1 fully saturated rings. The average Bonchev–Trinajstić information content (AvgIpc) is 3.11. The average molecular weight is 461 g/mol. The number of aromatic nitrogens is 1. The number of fused-ring (bicyclic) bond motifs is 1. The zero-order valence-electron chi connectivity index (χ0n) is 17.2. The second kappa shape index (κ2) is 8.65. The van der Waals surface area contributed by atoms with E-state index in [9.17, 15) is 13.2 Å². The highest BCUT2D eigenvalue weighted by molar-refractivity contribution is 7.89. The van der Waals surface area contributed by atoms with Crippen molar-refractivity contribution in [2.75, 3.05) is 0 Å². The number of halogens is 1. The molecule has 0 unspecified atom stereocenters. The Morgan fingerprint density at radius 1 is 1.13 bits per heavy atom. The molecule has 6 nitrogen and oxygen atoms in total. The lowest BCUT2D eigenvalue weighted by molar-refractivity contribution is -0.133. The molecule has 0 aliphatic heterocycles. The Morgan fingerprint density at radius 3 is 2.52 bits per heavy atom. The van der Waals surface area contributed by atoms with E-state index in [0.717, 1.165) is 31.2 Å². The molecule has 0 spiro atoms. The molecule has 1 saturated carbocycles. The van der Waals surface area contributed by atoms with Gasteiger partial charge in [0.15, 0.2) is 5.75 Å². The Labute approximate surface area is 186 Å². The Kier molecular flexibility index (Phi) is 6.10. The van der Waals surface area contributed by atoms with Crippen molar-refractivity contribution in [1.29, 1.82) is 0 Å². The fourth-order valence-electron chi connectivity index (χ4n) is 4.35. The van der Waals surface area contributed by atoms with Crippen molar-refractivity contribution in [1.82, 2.24) is 4.98 Å². The normalized spacial score (nSPS) is 19.5. The lowest BCUT2D eigenvalue weighted by Gasteiger charge is -2.27. The maximum Gasteiger partial charge on any atom is 0.310 e. The van der Waals surface area contributed by atoms with Crippen LogP contribution in [0.5, 0.6) is 5.75 Å². The van der Waals surface area contributed by atoms with E-state index in [-0.39, 0.29) is 22.6 Å². The molecule has 2 aromatic carbocycles. The van der Waals surface area contributed by atoms with Crippen LogP contribution in [-0.2, 0) is 14.8 Å².